The summed E-state index contributed by atoms with van der Waals surface area (Å²) in [5.41, 5.74) is 5.97. The van der Waals surface area contributed by atoms with E-state index in [-0.39, 0.29) is 18.1 Å². The lowest BCUT2D eigenvalue weighted by molar-refractivity contribution is -0.122. The summed E-state index contributed by atoms with van der Waals surface area (Å²) in [5.74, 6) is -0.152. The van der Waals surface area contributed by atoms with Gasteiger partial charge < -0.3 is 10.6 Å². The number of nitrogens with one attached hydrogen (secondary N) is 2. The number of carbonyl (C=O) groups excluding carboxylic acids is 2. The molecule has 0 radical (unpaired) electrons. The molecule has 0 saturated carbocycles. The molecule has 4 rings (SSSR count). The van der Waals surface area contributed by atoms with Crippen LogP contribution >= 0.6 is 11.8 Å². The van der Waals surface area contributed by atoms with Crippen LogP contribution in [0, 0.1) is 13.8 Å². The summed E-state index contributed by atoms with van der Waals surface area (Å²) in [7, 11) is 0. The first-order valence-electron chi connectivity index (χ1n) is 9.51. The van der Waals surface area contributed by atoms with Crippen molar-refractivity contribution in [1.82, 2.24) is 10.6 Å². The molecule has 144 valence electrons. The Morgan fingerprint density at radius 2 is 2.07 bits per heavy atom. The van der Waals surface area contributed by atoms with Crippen molar-refractivity contribution in [1.29, 1.82) is 0 Å². The molecule has 1 aromatic rings. The number of thioether (sulfide) groups is 1. The average Bonchev–Trinajstić information content (AvgIpc) is 3.03. The highest BCUT2D eigenvalue weighted by atomic mass is 32.2. The van der Waals surface area contributed by atoms with Crippen LogP contribution in [0.1, 0.15) is 30.4 Å². The van der Waals surface area contributed by atoms with E-state index in [1.165, 1.54) is 17.3 Å². The van der Waals surface area contributed by atoms with Crippen molar-refractivity contribution in [3.05, 3.63) is 64.4 Å². The number of carbonyl (C=O) groups is 2. The second-order valence-corrected chi connectivity index (χ2v) is 8.43. The molecular weight excluding hydrogens is 370 g/mol. The first-order valence-corrected chi connectivity index (χ1v) is 10.4. The van der Waals surface area contributed by atoms with Gasteiger partial charge in [0.05, 0.1) is 16.6 Å². The molecule has 0 aromatic heterocycles. The fourth-order valence-electron chi connectivity index (χ4n) is 3.74. The standard InChI is InChI=1S/C22H23N3O2S/c1-13-6-5-7-14(2)19(13)24-22-25-21(27)18(28-22)12-17(26)20-16-9-4-3-8-15(16)10-11-23-20/h3-8,18,23H,9-12H2,1-2H3,(H,24,25,27). The molecule has 2 aliphatic heterocycles. The lowest BCUT2D eigenvalue weighted by Gasteiger charge is -2.25. The van der Waals surface area contributed by atoms with Gasteiger partial charge in [0.2, 0.25) is 5.91 Å². The summed E-state index contributed by atoms with van der Waals surface area (Å²) in [6.07, 6.45) is 8.06. The number of ketones is 1. The topological polar surface area (TPSA) is 70.6 Å². The molecule has 1 unspecified atom stereocenters. The minimum Gasteiger partial charge on any atom is -0.382 e. The quantitative estimate of drug-likeness (QED) is 0.820. The average molecular weight is 394 g/mol. The van der Waals surface area contributed by atoms with Crippen LogP contribution in [0.2, 0.25) is 0 Å². The molecule has 1 aromatic carbocycles. The summed E-state index contributed by atoms with van der Waals surface area (Å²) in [6.45, 7) is 4.76. The lowest BCUT2D eigenvalue weighted by Crippen LogP contribution is -2.32. The molecule has 1 aliphatic carbocycles. The van der Waals surface area contributed by atoms with Crippen LogP contribution in [0.4, 0.5) is 5.69 Å². The Morgan fingerprint density at radius 1 is 1.29 bits per heavy atom. The van der Waals surface area contributed by atoms with Gasteiger partial charge >= 0.3 is 0 Å². The number of para-hydroxylation sites is 1. The maximum atomic E-state index is 12.9. The largest absolute Gasteiger partial charge is 0.382 e. The van der Waals surface area contributed by atoms with Gasteiger partial charge in [0.25, 0.3) is 0 Å². The zero-order valence-electron chi connectivity index (χ0n) is 16.0. The molecule has 28 heavy (non-hydrogen) atoms. The summed E-state index contributed by atoms with van der Waals surface area (Å²) < 4.78 is 0. The van der Waals surface area contributed by atoms with Crippen LogP contribution in [0.5, 0.6) is 0 Å². The number of amidine groups is 1. The maximum Gasteiger partial charge on any atom is 0.240 e. The Hall–Kier alpha value is -2.60. The van der Waals surface area contributed by atoms with Crippen molar-refractivity contribution in [2.75, 3.05) is 6.54 Å². The summed E-state index contributed by atoms with van der Waals surface area (Å²) in [5, 5.41) is 6.21. The highest BCUT2D eigenvalue weighted by Gasteiger charge is 2.34. The maximum absolute atomic E-state index is 12.9. The predicted molar refractivity (Wildman–Crippen MR) is 114 cm³/mol. The van der Waals surface area contributed by atoms with E-state index in [9.17, 15) is 9.59 Å². The van der Waals surface area contributed by atoms with E-state index >= 15 is 0 Å². The van der Waals surface area contributed by atoms with Crippen molar-refractivity contribution in [3.8, 4) is 0 Å². The number of nitrogens with zero attached hydrogens (tertiary/aromatic N) is 1. The first kappa shape index (κ1) is 18.7. The number of hydrogen-bond donors (Lipinski definition) is 2. The normalized spacial score (nSPS) is 22.6. The zero-order chi connectivity index (χ0) is 19.7. The van der Waals surface area contributed by atoms with Gasteiger partial charge in [0, 0.05) is 13.0 Å². The van der Waals surface area contributed by atoms with E-state index in [4.69, 9.17) is 0 Å². The fraction of sp³-hybridized carbons (Fsp3) is 0.318. The second-order valence-electron chi connectivity index (χ2n) is 7.23. The van der Waals surface area contributed by atoms with Crippen LogP contribution in [-0.2, 0) is 9.59 Å². The summed E-state index contributed by atoms with van der Waals surface area (Å²) >= 11 is 1.34. The van der Waals surface area contributed by atoms with E-state index in [1.807, 2.05) is 38.1 Å². The molecule has 6 heteroatoms. The minimum atomic E-state index is -0.445. The molecule has 5 nitrogen and oxygen atoms in total. The van der Waals surface area contributed by atoms with E-state index in [0.29, 0.717) is 10.9 Å². The Kier molecular flexibility index (Phi) is 5.22. The highest BCUT2D eigenvalue weighted by Crippen LogP contribution is 2.32. The third-order valence-electron chi connectivity index (χ3n) is 5.22. The summed E-state index contributed by atoms with van der Waals surface area (Å²) in [4.78, 5) is 30.0. The number of rotatable bonds is 4. The fourth-order valence-corrected chi connectivity index (χ4v) is 4.71. The van der Waals surface area contributed by atoms with Gasteiger partial charge in [-0.15, -0.1) is 0 Å². The Morgan fingerprint density at radius 3 is 2.86 bits per heavy atom. The highest BCUT2D eigenvalue weighted by molar-refractivity contribution is 8.15. The molecular formula is C22H23N3O2S. The number of allylic oxidation sites excluding steroid dienone is 5. The van der Waals surface area contributed by atoms with Gasteiger partial charge in [-0.05, 0) is 49.0 Å². The molecule has 2 N–H and O–H groups in total. The number of benzene rings is 1. The van der Waals surface area contributed by atoms with Crippen LogP contribution < -0.4 is 10.6 Å². The monoisotopic (exact) mass is 393 g/mol. The van der Waals surface area contributed by atoms with Gasteiger partial charge in [-0.3, -0.25) is 9.59 Å². The third-order valence-corrected chi connectivity index (χ3v) is 6.30. The van der Waals surface area contributed by atoms with Gasteiger partial charge in [0.1, 0.15) is 0 Å². The molecule has 1 fully saturated rings. The Balaban J connectivity index is 1.50. The Labute approximate surface area is 169 Å². The van der Waals surface area contributed by atoms with E-state index in [1.54, 1.807) is 0 Å². The van der Waals surface area contributed by atoms with Crippen LogP contribution in [-0.4, -0.2) is 28.7 Å². The third kappa shape index (κ3) is 3.69. The molecule has 0 bridgehead atoms. The second kappa shape index (κ2) is 7.80. The minimum absolute atomic E-state index is 0.00290. The molecule has 1 atom stereocenters. The number of fused-ring (bicyclic) bond motifs is 1. The van der Waals surface area contributed by atoms with Gasteiger partial charge in [0.15, 0.2) is 11.0 Å². The zero-order valence-corrected chi connectivity index (χ0v) is 16.9. The van der Waals surface area contributed by atoms with E-state index in [2.05, 4.69) is 27.8 Å². The van der Waals surface area contributed by atoms with Gasteiger partial charge in [-0.1, -0.05) is 48.2 Å². The molecule has 1 amide bonds. The molecule has 3 aliphatic rings. The van der Waals surface area contributed by atoms with Gasteiger partial charge in [-0.25, -0.2) is 4.99 Å². The van der Waals surface area contributed by atoms with Gasteiger partial charge in [-0.2, -0.15) is 0 Å². The van der Waals surface area contributed by atoms with Crippen molar-refractivity contribution < 1.29 is 9.59 Å². The van der Waals surface area contributed by atoms with E-state index in [0.717, 1.165) is 41.8 Å². The first-order chi connectivity index (χ1) is 13.5. The lowest BCUT2D eigenvalue weighted by atomic mass is 9.89. The van der Waals surface area contributed by atoms with Crippen molar-refractivity contribution in [2.45, 2.75) is 38.4 Å². The molecule has 1 saturated heterocycles. The smallest absolute Gasteiger partial charge is 0.240 e. The van der Waals surface area contributed by atoms with Crippen molar-refractivity contribution in [2.24, 2.45) is 4.99 Å². The van der Waals surface area contributed by atoms with Crippen LogP contribution in [0.15, 0.2) is 58.3 Å². The number of hydrogen-bond acceptors (Lipinski definition) is 5. The van der Waals surface area contributed by atoms with Crippen LogP contribution in [0.25, 0.3) is 0 Å². The van der Waals surface area contributed by atoms with Crippen molar-refractivity contribution >= 4 is 34.3 Å². The van der Waals surface area contributed by atoms with Crippen LogP contribution in [0.3, 0.4) is 0 Å². The number of amides is 1. The molecule has 2 heterocycles. The SMILES string of the molecule is Cc1cccc(C)c1N=C1NC(=O)C(CC(=O)C2=C3CC=CC=C3CCN2)S1. The summed E-state index contributed by atoms with van der Waals surface area (Å²) in [6, 6.07) is 5.99. The molecule has 0 spiro atoms. The van der Waals surface area contributed by atoms with E-state index < -0.39 is 5.25 Å². The Bertz CT molecular complexity index is 952. The van der Waals surface area contributed by atoms with Crippen molar-refractivity contribution in [3.63, 3.8) is 0 Å². The number of aliphatic imine (C=N–C) groups is 1. The number of Topliss-reactive ketones (excluding diaryl/α,β-unsaturated/α-hetero) is 1. The number of aryl methyl sites for hydroxylation is 2. The predicted octanol–water partition coefficient (Wildman–Crippen LogP) is 3.62.